The first-order valence-corrected chi connectivity index (χ1v) is 5.81. The second kappa shape index (κ2) is 4.57. The number of halogens is 2. The Bertz CT molecular complexity index is 556. The predicted octanol–water partition coefficient (Wildman–Crippen LogP) is -1.15. The second-order valence-electron chi connectivity index (χ2n) is 3.85. The normalized spacial score (nSPS) is 35.9. The highest BCUT2D eigenvalue weighted by molar-refractivity contribution is 9.10. The number of aromatic nitrogens is 2. The molecular weight excluding hydrogens is 315 g/mol. The minimum Gasteiger partial charge on any atom is -0.394 e. The molecule has 1 saturated heterocycles. The summed E-state index contributed by atoms with van der Waals surface area (Å²) in [5.41, 5.74) is -1.51. The lowest BCUT2D eigenvalue weighted by atomic mass is 10.1. The lowest BCUT2D eigenvalue weighted by Gasteiger charge is -2.22. The monoisotopic (exact) mass is 324 g/mol. The standard InChI is InChI=1S/C9H10BrFN2O5/c10-9(11)6(16)4(3-14)18-7(9)13-2-1-5(15)12-8(13)17/h1-2,4,6-7,14,16H,3H2,(H,12,15,17)/t4-,6?,7-,9?/m1/s1. The Morgan fingerprint density at radius 2 is 2.28 bits per heavy atom. The van der Waals surface area contributed by atoms with Crippen LogP contribution in [0.1, 0.15) is 6.23 Å². The van der Waals surface area contributed by atoms with E-state index >= 15 is 0 Å². The van der Waals surface area contributed by atoms with Crippen molar-refractivity contribution in [1.82, 2.24) is 9.55 Å². The summed E-state index contributed by atoms with van der Waals surface area (Å²) < 4.78 is 17.7. The van der Waals surface area contributed by atoms with Crippen molar-refractivity contribution in [2.24, 2.45) is 0 Å². The van der Waals surface area contributed by atoms with Gasteiger partial charge in [-0.05, 0) is 15.9 Å². The summed E-state index contributed by atoms with van der Waals surface area (Å²) in [5.74, 6) is 0. The molecule has 9 heteroatoms. The molecule has 0 spiro atoms. The molecule has 1 aromatic heterocycles. The molecule has 2 heterocycles. The van der Waals surface area contributed by atoms with E-state index in [4.69, 9.17) is 9.84 Å². The van der Waals surface area contributed by atoms with Crippen LogP contribution in [0.25, 0.3) is 0 Å². The second-order valence-corrected chi connectivity index (χ2v) is 5.06. The van der Waals surface area contributed by atoms with Crippen LogP contribution in [0.2, 0.25) is 0 Å². The number of nitrogens with zero attached hydrogens (tertiary/aromatic N) is 1. The smallest absolute Gasteiger partial charge is 0.330 e. The van der Waals surface area contributed by atoms with Crippen molar-refractivity contribution in [2.45, 2.75) is 23.0 Å². The number of aliphatic hydroxyl groups excluding tert-OH is 2. The number of rotatable bonds is 2. The summed E-state index contributed by atoms with van der Waals surface area (Å²) in [4.78, 5) is 24.4. The van der Waals surface area contributed by atoms with Gasteiger partial charge in [-0.2, -0.15) is 0 Å². The average Bonchev–Trinajstić information content (AvgIpc) is 2.52. The van der Waals surface area contributed by atoms with Crippen LogP contribution in [-0.4, -0.2) is 43.2 Å². The van der Waals surface area contributed by atoms with Gasteiger partial charge < -0.3 is 14.9 Å². The Labute approximate surface area is 108 Å². The zero-order valence-corrected chi connectivity index (χ0v) is 10.5. The minimum absolute atomic E-state index is 0.604. The maximum absolute atomic E-state index is 14.3. The van der Waals surface area contributed by atoms with Crippen LogP contribution in [-0.2, 0) is 4.74 Å². The molecule has 4 atom stereocenters. The molecule has 0 aromatic carbocycles. The van der Waals surface area contributed by atoms with Gasteiger partial charge in [0.1, 0.15) is 12.2 Å². The van der Waals surface area contributed by atoms with E-state index in [9.17, 15) is 19.1 Å². The van der Waals surface area contributed by atoms with Gasteiger partial charge in [-0.1, -0.05) is 0 Å². The van der Waals surface area contributed by atoms with Crippen LogP contribution in [0.3, 0.4) is 0 Å². The Morgan fingerprint density at radius 1 is 1.61 bits per heavy atom. The molecule has 0 amide bonds. The van der Waals surface area contributed by atoms with Crippen molar-refractivity contribution < 1.29 is 19.3 Å². The van der Waals surface area contributed by atoms with Gasteiger partial charge in [-0.15, -0.1) is 0 Å². The van der Waals surface area contributed by atoms with Gasteiger partial charge in [0.15, 0.2) is 6.23 Å². The SMILES string of the molecule is O=c1ccn([C@@H]2O[C@H](CO)C(O)C2(F)Br)c(=O)[nH]1. The van der Waals surface area contributed by atoms with Crippen molar-refractivity contribution in [2.75, 3.05) is 6.61 Å². The Kier molecular flexibility index (Phi) is 3.41. The fraction of sp³-hybridized carbons (Fsp3) is 0.556. The van der Waals surface area contributed by atoms with Gasteiger partial charge >= 0.3 is 5.69 Å². The average molecular weight is 325 g/mol. The van der Waals surface area contributed by atoms with Gasteiger partial charge in [0.25, 0.3) is 5.56 Å². The van der Waals surface area contributed by atoms with Gasteiger partial charge in [-0.3, -0.25) is 14.3 Å². The highest BCUT2D eigenvalue weighted by atomic mass is 79.9. The number of hydrogen-bond acceptors (Lipinski definition) is 5. The molecule has 2 rings (SSSR count). The van der Waals surface area contributed by atoms with E-state index in [1.54, 1.807) is 0 Å². The summed E-state index contributed by atoms with van der Waals surface area (Å²) in [6, 6.07) is 1.02. The molecule has 100 valence electrons. The number of aromatic amines is 1. The van der Waals surface area contributed by atoms with E-state index in [0.717, 1.165) is 16.8 Å². The lowest BCUT2D eigenvalue weighted by Crippen LogP contribution is -2.41. The van der Waals surface area contributed by atoms with Crippen LogP contribution < -0.4 is 11.2 Å². The molecule has 1 fully saturated rings. The summed E-state index contributed by atoms with van der Waals surface area (Å²) >= 11 is 2.64. The fourth-order valence-electron chi connectivity index (χ4n) is 1.73. The van der Waals surface area contributed by atoms with E-state index in [-0.39, 0.29) is 0 Å². The van der Waals surface area contributed by atoms with Crippen molar-refractivity contribution >= 4 is 15.9 Å². The fourth-order valence-corrected chi connectivity index (χ4v) is 2.35. The Hall–Kier alpha value is -1.03. The number of alkyl halides is 2. The molecule has 18 heavy (non-hydrogen) atoms. The third-order valence-electron chi connectivity index (χ3n) is 2.66. The van der Waals surface area contributed by atoms with Gasteiger partial charge in [0.05, 0.1) is 6.61 Å². The van der Waals surface area contributed by atoms with Crippen LogP contribution in [0.4, 0.5) is 4.39 Å². The first-order valence-electron chi connectivity index (χ1n) is 5.01. The van der Waals surface area contributed by atoms with Crippen molar-refractivity contribution in [3.8, 4) is 0 Å². The molecule has 0 aliphatic carbocycles. The maximum Gasteiger partial charge on any atom is 0.330 e. The number of hydrogen-bond donors (Lipinski definition) is 3. The molecule has 0 radical (unpaired) electrons. The summed E-state index contributed by atoms with van der Waals surface area (Å²) in [5, 5.41) is 18.5. The van der Waals surface area contributed by atoms with E-state index in [1.165, 1.54) is 0 Å². The molecule has 3 N–H and O–H groups in total. The number of nitrogens with one attached hydrogen (secondary N) is 1. The maximum atomic E-state index is 14.3. The van der Waals surface area contributed by atoms with E-state index < -0.39 is 40.9 Å². The Balaban J connectivity index is 2.45. The molecule has 0 bridgehead atoms. The molecule has 1 aliphatic heterocycles. The van der Waals surface area contributed by atoms with Crippen molar-refractivity contribution in [1.29, 1.82) is 0 Å². The number of aliphatic hydroxyl groups is 2. The summed E-state index contributed by atoms with van der Waals surface area (Å²) in [6.07, 6.45) is -3.26. The summed E-state index contributed by atoms with van der Waals surface area (Å²) in [7, 11) is 0. The van der Waals surface area contributed by atoms with Crippen molar-refractivity contribution in [3.05, 3.63) is 33.1 Å². The lowest BCUT2D eigenvalue weighted by molar-refractivity contribution is -0.0506. The van der Waals surface area contributed by atoms with E-state index in [0.29, 0.717) is 0 Å². The van der Waals surface area contributed by atoms with Crippen molar-refractivity contribution in [3.63, 3.8) is 0 Å². The quantitative estimate of drug-likeness (QED) is 0.596. The third kappa shape index (κ3) is 2.03. The largest absolute Gasteiger partial charge is 0.394 e. The van der Waals surface area contributed by atoms with Crippen LogP contribution in [0.15, 0.2) is 21.9 Å². The van der Waals surface area contributed by atoms with E-state index in [2.05, 4.69) is 15.9 Å². The third-order valence-corrected chi connectivity index (χ3v) is 3.52. The van der Waals surface area contributed by atoms with Crippen LogP contribution in [0, 0.1) is 0 Å². The molecular formula is C9H10BrFN2O5. The predicted molar refractivity (Wildman–Crippen MR) is 61.1 cm³/mol. The molecule has 0 saturated carbocycles. The highest BCUT2D eigenvalue weighted by Crippen LogP contribution is 2.45. The van der Waals surface area contributed by atoms with Crippen LogP contribution in [0.5, 0.6) is 0 Å². The highest BCUT2D eigenvalue weighted by Gasteiger charge is 2.56. The van der Waals surface area contributed by atoms with Crippen LogP contribution >= 0.6 is 15.9 Å². The summed E-state index contributed by atoms with van der Waals surface area (Å²) in [6.45, 7) is -0.604. The number of ether oxygens (including phenoxy) is 1. The molecule has 1 aromatic rings. The topological polar surface area (TPSA) is 105 Å². The van der Waals surface area contributed by atoms with Gasteiger partial charge in [0, 0.05) is 12.3 Å². The number of H-pyrrole nitrogens is 1. The van der Waals surface area contributed by atoms with E-state index in [1.807, 2.05) is 4.98 Å². The zero-order chi connectivity index (χ0) is 13.5. The first-order chi connectivity index (χ1) is 8.37. The zero-order valence-electron chi connectivity index (χ0n) is 8.92. The first kappa shape index (κ1) is 13.4. The minimum atomic E-state index is -2.44. The molecule has 7 nitrogen and oxygen atoms in total. The molecule has 1 aliphatic rings. The Morgan fingerprint density at radius 3 is 2.78 bits per heavy atom. The van der Waals surface area contributed by atoms with Gasteiger partial charge in [-0.25, -0.2) is 9.18 Å². The molecule has 2 unspecified atom stereocenters. The van der Waals surface area contributed by atoms with Gasteiger partial charge in [0.2, 0.25) is 4.58 Å².